The molecule has 2 heterocycles. The number of Topliss-reactive ketones (excluding diaryl/α,β-unsaturated/α-hetero) is 1. The van der Waals surface area contributed by atoms with Gasteiger partial charge in [-0.25, -0.2) is 0 Å². The highest BCUT2D eigenvalue weighted by Gasteiger charge is 2.26. The van der Waals surface area contributed by atoms with Crippen LogP contribution in [0.3, 0.4) is 0 Å². The molecule has 0 amide bonds. The van der Waals surface area contributed by atoms with E-state index < -0.39 is 5.60 Å². The molecule has 1 N–H and O–H groups in total. The van der Waals surface area contributed by atoms with Gasteiger partial charge >= 0.3 is 0 Å². The SMILES string of the molecule is CC1(O)CCCN(CC(=O)c2ccco2)CC1. The molecular formula is C13H19NO3. The van der Waals surface area contributed by atoms with Gasteiger partial charge in [-0.1, -0.05) is 0 Å². The summed E-state index contributed by atoms with van der Waals surface area (Å²) in [5, 5.41) is 9.96. The van der Waals surface area contributed by atoms with E-state index in [1.54, 1.807) is 12.1 Å². The summed E-state index contributed by atoms with van der Waals surface area (Å²) >= 11 is 0. The Morgan fingerprint density at radius 3 is 3.06 bits per heavy atom. The van der Waals surface area contributed by atoms with Crippen molar-refractivity contribution in [1.82, 2.24) is 4.90 Å². The minimum absolute atomic E-state index is 0.0107. The summed E-state index contributed by atoms with van der Waals surface area (Å²) in [6.45, 7) is 3.87. The maximum atomic E-state index is 11.8. The van der Waals surface area contributed by atoms with Crippen LogP contribution in [0.15, 0.2) is 22.8 Å². The van der Waals surface area contributed by atoms with E-state index in [-0.39, 0.29) is 5.78 Å². The van der Waals surface area contributed by atoms with Crippen molar-refractivity contribution in [3.63, 3.8) is 0 Å². The summed E-state index contributed by atoms with van der Waals surface area (Å²) in [7, 11) is 0. The lowest BCUT2D eigenvalue weighted by molar-refractivity contribution is 0.0443. The molecule has 0 aromatic carbocycles. The Morgan fingerprint density at radius 2 is 2.35 bits per heavy atom. The van der Waals surface area contributed by atoms with Gasteiger partial charge in [0, 0.05) is 6.54 Å². The molecule has 1 unspecified atom stereocenters. The monoisotopic (exact) mass is 237 g/mol. The van der Waals surface area contributed by atoms with Crippen LogP contribution in [-0.2, 0) is 0 Å². The number of hydrogen-bond donors (Lipinski definition) is 1. The first-order valence-corrected chi connectivity index (χ1v) is 6.08. The van der Waals surface area contributed by atoms with E-state index in [0.717, 1.165) is 32.4 Å². The number of nitrogens with zero attached hydrogens (tertiary/aromatic N) is 1. The third-order valence-corrected chi connectivity index (χ3v) is 3.32. The molecule has 1 atom stereocenters. The fourth-order valence-corrected chi connectivity index (χ4v) is 2.20. The largest absolute Gasteiger partial charge is 0.461 e. The molecule has 4 heteroatoms. The third kappa shape index (κ3) is 3.41. The molecule has 0 aliphatic carbocycles. The molecule has 4 nitrogen and oxygen atoms in total. The molecule has 1 fully saturated rings. The van der Waals surface area contributed by atoms with Gasteiger partial charge in [0.2, 0.25) is 5.78 Å². The smallest absolute Gasteiger partial charge is 0.211 e. The first kappa shape index (κ1) is 12.3. The Labute approximate surface area is 101 Å². The molecule has 0 bridgehead atoms. The average molecular weight is 237 g/mol. The molecule has 1 aromatic heterocycles. The van der Waals surface area contributed by atoms with Gasteiger partial charge in [-0.05, 0) is 44.9 Å². The van der Waals surface area contributed by atoms with Gasteiger partial charge in [0.15, 0.2) is 5.76 Å². The second-order valence-corrected chi connectivity index (χ2v) is 5.03. The standard InChI is InChI=1S/C13H19NO3/c1-13(16)5-3-7-14(8-6-13)10-11(15)12-4-2-9-17-12/h2,4,9,16H,3,5-8,10H2,1H3. The zero-order valence-corrected chi connectivity index (χ0v) is 10.2. The van der Waals surface area contributed by atoms with Gasteiger partial charge in [-0.2, -0.15) is 0 Å². The Bertz CT molecular complexity index is 370. The third-order valence-electron chi connectivity index (χ3n) is 3.32. The van der Waals surface area contributed by atoms with Crippen LogP contribution < -0.4 is 0 Å². The summed E-state index contributed by atoms with van der Waals surface area (Å²) in [6, 6.07) is 3.41. The second-order valence-electron chi connectivity index (χ2n) is 5.03. The zero-order chi connectivity index (χ0) is 12.3. The van der Waals surface area contributed by atoms with Crippen LogP contribution in [0, 0.1) is 0 Å². The molecule has 0 radical (unpaired) electrons. The van der Waals surface area contributed by atoms with E-state index in [4.69, 9.17) is 4.42 Å². The van der Waals surface area contributed by atoms with E-state index >= 15 is 0 Å². The zero-order valence-electron chi connectivity index (χ0n) is 10.2. The van der Waals surface area contributed by atoms with E-state index in [9.17, 15) is 9.90 Å². The minimum Gasteiger partial charge on any atom is -0.461 e. The van der Waals surface area contributed by atoms with Crippen LogP contribution in [0.4, 0.5) is 0 Å². The Morgan fingerprint density at radius 1 is 1.53 bits per heavy atom. The first-order valence-electron chi connectivity index (χ1n) is 6.08. The number of furan rings is 1. The highest BCUT2D eigenvalue weighted by atomic mass is 16.3. The molecule has 2 rings (SSSR count). The number of ketones is 1. The van der Waals surface area contributed by atoms with Gasteiger partial charge < -0.3 is 9.52 Å². The lowest BCUT2D eigenvalue weighted by Gasteiger charge is -2.21. The predicted molar refractivity (Wildman–Crippen MR) is 64.0 cm³/mol. The predicted octanol–water partition coefficient (Wildman–Crippen LogP) is 1.70. The fourth-order valence-electron chi connectivity index (χ4n) is 2.20. The van der Waals surface area contributed by atoms with Gasteiger partial charge in [-0.3, -0.25) is 9.69 Å². The van der Waals surface area contributed by atoms with E-state index in [0.29, 0.717) is 12.3 Å². The number of carbonyl (C=O) groups is 1. The molecule has 1 saturated heterocycles. The number of rotatable bonds is 3. The molecule has 94 valence electrons. The summed E-state index contributed by atoms with van der Waals surface area (Å²) in [6.07, 6.45) is 3.97. The van der Waals surface area contributed by atoms with Gasteiger partial charge in [0.25, 0.3) is 0 Å². The van der Waals surface area contributed by atoms with Crippen molar-refractivity contribution in [2.24, 2.45) is 0 Å². The number of hydrogen-bond acceptors (Lipinski definition) is 4. The minimum atomic E-state index is -0.581. The summed E-state index contributed by atoms with van der Waals surface area (Å²) in [5.41, 5.74) is -0.581. The average Bonchev–Trinajstić information content (AvgIpc) is 2.73. The van der Waals surface area contributed by atoms with E-state index in [2.05, 4.69) is 4.90 Å². The Balaban J connectivity index is 1.89. The molecule has 1 aliphatic heterocycles. The molecule has 1 aliphatic rings. The number of carbonyl (C=O) groups excluding carboxylic acids is 1. The lowest BCUT2D eigenvalue weighted by Crippen LogP contribution is -2.32. The Kier molecular flexibility index (Phi) is 3.64. The highest BCUT2D eigenvalue weighted by molar-refractivity contribution is 5.94. The summed E-state index contributed by atoms with van der Waals surface area (Å²) in [4.78, 5) is 13.9. The topological polar surface area (TPSA) is 53.7 Å². The lowest BCUT2D eigenvalue weighted by atomic mass is 9.98. The Hall–Kier alpha value is -1.13. The van der Waals surface area contributed by atoms with Gasteiger partial charge in [0.05, 0.1) is 18.4 Å². The quantitative estimate of drug-likeness (QED) is 0.813. The van der Waals surface area contributed by atoms with Crippen molar-refractivity contribution < 1.29 is 14.3 Å². The van der Waals surface area contributed by atoms with E-state index in [1.807, 2.05) is 6.92 Å². The van der Waals surface area contributed by atoms with Crippen molar-refractivity contribution >= 4 is 5.78 Å². The van der Waals surface area contributed by atoms with Crippen LogP contribution in [0.2, 0.25) is 0 Å². The molecular weight excluding hydrogens is 218 g/mol. The fraction of sp³-hybridized carbons (Fsp3) is 0.615. The summed E-state index contributed by atoms with van der Waals surface area (Å²) < 4.78 is 5.08. The van der Waals surface area contributed by atoms with E-state index in [1.165, 1.54) is 6.26 Å². The van der Waals surface area contributed by atoms with Gasteiger partial charge in [-0.15, -0.1) is 0 Å². The van der Waals surface area contributed by atoms with Crippen molar-refractivity contribution in [1.29, 1.82) is 0 Å². The van der Waals surface area contributed by atoms with Crippen molar-refractivity contribution in [2.45, 2.75) is 31.8 Å². The van der Waals surface area contributed by atoms with Crippen LogP contribution >= 0.6 is 0 Å². The summed E-state index contributed by atoms with van der Waals surface area (Å²) in [5.74, 6) is 0.428. The van der Waals surface area contributed by atoms with Crippen molar-refractivity contribution in [3.8, 4) is 0 Å². The van der Waals surface area contributed by atoms with Crippen LogP contribution in [-0.4, -0.2) is 41.0 Å². The van der Waals surface area contributed by atoms with Crippen LogP contribution in [0.25, 0.3) is 0 Å². The second kappa shape index (κ2) is 5.02. The van der Waals surface area contributed by atoms with Crippen molar-refractivity contribution in [3.05, 3.63) is 24.2 Å². The maximum absolute atomic E-state index is 11.8. The molecule has 0 saturated carbocycles. The molecule has 17 heavy (non-hydrogen) atoms. The molecule has 0 spiro atoms. The maximum Gasteiger partial charge on any atom is 0.211 e. The van der Waals surface area contributed by atoms with Crippen LogP contribution in [0.5, 0.6) is 0 Å². The van der Waals surface area contributed by atoms with Gasteiger partial charge in [0.1, 0.15) is 0 Å². The van der Waals surface area contributed by atoms with Crippen LogP contribution in [0.1, 0.15) is 36.7 Å². The number of aliphatic hydroxyl groups is 1. The molecule has 1 aromatic rings. The first-order chi connectivity index (χ1) is 8.07. The number of likely N-dealkylation sites (tertiary alicyclic amines) is 1. The van der Waals surface area contributed by atoms with Crippen molar-refractivity contribution in [2.75, 3.05) is 19.6 Å². The highest BCUT2D eigenvalue weighted by Crippen LogP contribution is 2.21. The normalized spacial score (nSPS) is 26.7.